The molecule has 28 heavy (non-hydrogen) atoms. The van der Waals surface area contributed by atoms with Crippen molar-refractivity contribution in [2.24, 2.45) is 0 Å². The Bertz CT molecular complexity index is 781. The number of piperazine rings is 1. The molecule has 1 saturated heterocycles. The molecular weight excluding hydrogens is 384 g/mol. The minimum atomic E-state index is -2.52. The van der Waals surface area contributed by atoms with E-state index in [1.54, 1.807) is 31.4 Å². The lowest BCUT2D eigenvalue weighted by atomic mass is 10.2. The van der Waals surface area contributed by atoms with Gasteiger partial charge in [0.1, 0.15) is 5.75 Å². The number of anilines is 2. The molecule has 1 heterocycles. The summed E-state index contributed by atoms with van der Waals surface area (Å²) in [5.41, 5.74) is 1.58. The minimum absolute atomic E-state index is 0.157. The van der Waals surface area contributed by atoms with E-state index in [0.717, 1.165) is 37.6 Å². The second-order valence-electron chi connectivity index (χ2n) is 6.53. The number of amides is 1. The smallest absolute Gasteiger partial charge is 0.288 e. The van der Waals surface area contributed by atoms with E-state index >= 15 is 0 Å². The molecule has 2 N–H and O–H groups in total. The standard InChI is InChI=1S/C20H23F2N3O2S/c1-27-16-8-6-15(7-9-16)25-12-10-24(11-13-25)14-19(26)23-17-4-2-3-5-18(17)28-20(21)22/h2-9,20H,10-14H2,1H3,(H,23,26)/p+1. The molecule has 2 aromatic carbocycles. The van der Waals surface area contributed by atoms with Gasteiger partial charge in [-0.3, -0.25) is 4.79 Å². The number of nitrogens with one attached hydrogen (secondary N) is 2. The van der Waals surface area contributed by atoms with Crippen molar-refractivity contribution >= 4 is 29.0 Å². The molecule has 0 saturated carbocycles. The molecule has 1 fully saturated rings. The second-order valence-corrected chi connectivity index (χ2v) is 7.57. The monoisotopic (exact) mass is 408 g/mol. The highest BCUT2D eigenvalue weighted by Gasteiger charge is 2.23. The zero-order valence-corrected chi connectivity index (χ0v) is 16.5. The van der Waals surface area contributed by atoms with Crippen LogP contribution in [0.15, 0.2) is 53.4 Å². The van der Waals surface area contributed by atoms with Crippen LogP contribution in [0.4, 0.5) is 20.2 Å². The van der Waals surface area contributed by atoms with Crippen LogP contribution in [-0.2, 0) is 4.79 Å². The molecule has 0 atom stereocenters. The summed E-state index contributed by atoms with van der Waals surface area (Å²) < 4.78 is 30.5. The summed E-state index contributed by atoms with van der Waals surface area (Å²) in [7, 11) is 1.65. The van der Waals surface area contributed by atoms with Gasteiger partial charge in [-0.1, -0.05) is 23.9 Å². The summed E-state index contributed by atoms with van der Waals surface area (Å²) in [5, 5.41) is 2.78. The Hall–Kier alpha value is -2.32. The maximum absolute atomic E-state index is 12.7. The fourth-order valence-corrected chi connectivity index (χ4v) is 3.84. The number of alkyl halides is 2. The minimum Gasteiger partial charge on any atom is -0.497 e. The van der Waals surface area contributed by atoms with Gasteiger partial charge in [0.05, 0.1) is 39.0 Å². The molecule has 150 valence electrons. The molecule has 8 heteroatoms. The summed E-state index contributed by atoms with van der Waals surface area (Å²) in [6, 6.07) is 14.6. The molecule has 1 aliphatic rings. The number of methoxy groups -OCH3 is 1. The van der Waals surface area contributed by atoms with E-state index in [-0.39, 0.29) is 5.91 Å². The van der Waals surface area contributed by atoms with Crippen LogP contribution in [0.25, 0.3) is 0 Å². The maximum atomic E-state index is 12.7. The van der Waals surface area contributed by atoms with Crippen LogP contribution in [-0.4, -0.2) is 51.5 Å². The highest BCUT2D eigenvalue weighted by atomic mass is 32.2. The van der Waals surface area contributed by atoms with Crippen molar-refractivity contribution < 1.29 is 23.2 Å². The third-order valence-corrected chi connectivity index (χ3v) is 5.48. The Labute approximate surface area is 167 Å². The van der Waals surface area contributed by atoms with Crippen molar-refractivity contribution in [1.29, 1.82) is 0 Å². The van der Waals surface area contributed by atoms with Crippen LogP contribution in [0.2, 0.25) is 0 Å². The van der Waals surface area contributed by atoms with E-state index in [0.29, 0.717) is 28.9 Å². The molecule has 3 rings (SSSR count). The molecule has 2 aromatic rings. The van der Waals surface area contributed by atoms with E-state index in [1.165, 1.54) is 4.90 Å². The normalized spacial score (nSPS) is 14.9. The van der Waals surface area contributed by atoms with Crippen LogP contribution >= 0.6 is 11.8 Å². The SMILES string of the molecule is COc1ccc(N2CC[NH+](CC(=O)Nc3ccccc3SC(F)F)CC2)cc1. The van der Waals surface area contributed by atoms with Gasteiger partial charge < -0.3 is 19.9 Å². The fourth-order valence-electron chi connectivity index (χ4n) is 3.24. The Morgan fingerprint density at radius 2 is 1.86 bits per heavy atom. The molecule has 1 amide bonds. The van der Waals surface area contributed by atoms with Crippen molar-refractivity contribution in [3.63, 3.8) is 0 Å². The topological polar surface area (TPSA) is 46.0 Å². The average Bonchev–Trinajstić information content (AvgIpc) is 2.70. The van der Waals surface area contributed by atoms with Gasteiger partial charge in [-0.2, -0.15) is 8.78 Å². The van der Waals surface area contributed by atoms with E-state index in [1.807, 2.05) is 24.3 Å². The average molecular weight is 408 g/mol. The van der Waals surface area contributed by atoms with Gasteiger partial charge in [-0.25, -0.2) is 0 Å². The number of para-hydroxylation sites is 1. The van der Waals surface area contributed by atoms with Gasteiger partial charge in [-0.05, 0) is 36.4 Å². The van der Waals surface area contributed by atoms with Crippen LogP contribution in [0.5, 0.6) is 5.75 Å². The second kappa shape index (κ2) is 9.75. The number of rotatable bonds is 7. The van der Waals surface area contributed by atoms with Gasteiger partial charge in [0.2, 0.25) is 0 Å². The van der Waals surface area contributed by atoms with Crippen LogP contribution in [0.3, 0.4) is 0 Å². The summed E-state index contributed by atoms with van der Waals surface area (Å²) >= 11 is 0.443. The van der Waals surface area contributed by atoms with Gasteiger partial charge in [0.15, 0.2) is 6.54 Å². The van der Waals surface area contributed by atoms with Crippen LogP contribution < -0.4 is 19.9 Å². The van der Waals surface area contributed by atoms with Crippen molar-refractivity contribution in [3.05, 3.63) is 48.5 Å². The predicted molar refractivity (Wildman–Crippen MR) is 108 cm³/mol. The number of hydrogen-bond donors (Lipinski definition) is 2. The predicted octanol–water partition coefficient (Wildman–Crippen LogP) is 2.35. The number of quaternary nitrogens is 1. The quantitative estimate of drug-likeness (QED) is 0.691. The number of benzene rings is 2. The zero-order valence-electron chi connectivity index (χ0n) is 15.7. The molecule has 0 aromatic heterocycles. The largest absolute Gasteiger partial charge is 0.497 e. The molecule has 0 aliphatic carbocycles. The highest BCUT2D eigenvalue weighted by Crippen LogP contribution is 2.31. The van der Waals surface area contributed by atoms with Crippen molar-refractivity contribution in [1.82, 2.24) is 0 Å². The number of halogens is 2. The van der Waals surface area contributed by atoms with Gasteiger partial charge >= 0.3 is 0 Å². The van der Waals surface area contributed by atoms with Gasteiger partial charge in [-0.15, -0.1) is 0 Å². The van der Waals surface area contributed by atoms with Crippen molar-refractivity contribution in [2.45, 2.75) is 10.7 Å². The number of carbonyl (C=O) groups is 1. The number of ether oxygens (including phenoxy) is 1. The lowest BCUT2D eigenvalue weighted by molar-refractivity contribution is -0.892. The summed E-state index contributed by atoms with van der Waals surface area (Å²) in [5.74, 6) is -1.85. The van der Waals surface area contributed by atoms with Gasteiger partial charge in [0.25, 0.3) is 11.7 Å². The first kappa shape index (κ1) is 20.4. The summed E-state index contributed by atoms with van der Waals surface area (Å²) in [6.45, 7) is 3.71. The molecule has 0 bridgehead atoms. The first-order chi connectivity index (χ1) is 13.5. The van der Waals surface area contributed by atoms with E-state index in [9.17, 15) is 13.6 Å². The van der Waals surface area contributed by atoms with Crippen LogP contribution in [0, 0.1) is 0 Å². The van der Waals surface area contributed by atoms with Crippen molar-refractivity contribution in [3.8, 4) is 5.75 Å². The lowest BCUT2D eigenvalue weighted by Gasteiger charge is -2.33. The maximum Gasteiger partial charge on any atom is 0.288 e. The van der Waals surface area contributed by atoms with E-state index in [2.05, 4.69) is 10.2 Å². The zero-order chi connectivity index (χ0) is 19.9. The fraction of sp³-hybridized carbons (Fsp3) is 0.350. The van der Waals surface area contributed by atoms with Crippen LogP contribution in [0.1, 0.15) is 0 Å². The molecule has 1 aliphatic heterocycles. The highest BCUT2D eigenvalue weighted by molar-refractivity contribution is 7.99. The number of carbonyl (C=O) groups excluding carboxylic acids is 1. The molecule has 0 radical (unpaired) electrons. The Morgan fingerprint density at radius 1 is 1.18 bits per heavy atom. The molecule has 5 nitrogen and oxygen atoms in total. The number of hydrogen-bond acceptors (Lipinski definition) is 4. The molecule has 0 unspecified atom stereocenters. The molecular formula is C20H24F2N3O2S+. The first-order valence-corrected chi connectivity index (χ1v) is 9.99. The number of thioether (sulfide) groups is 1. The summed E-state index contributed by atoms with van der Waals surface area (Å²) in [6.07, 6.45) is 0. The Morgan fingerprint density at radius 3 is 2.50 bits per heavy atom. The van der Waals surface area contributed by atoms with E-state index in [4.69, 9.17) is 4.74 Å². The Balaban J connectivity index is 1.50. The van der Waals surface area contributed by atoms with Crippen molar-refractivity contribution in [2.75, 3.05) is 50.1 Å². The van der Waals surface area contributed by atoms with Gasteiger partial charge in [0, 0.05) is 10.6 Å². The lowest BCUT2D eigenvalue weighted by Crippen LogP contribution is -3.15. The third-order valence-electron chi connectivity index (χ3n) is 4.70. The van der Waals surface area contributed by atoms with E-state index < -0.39 is 5.76 Å². The summed E-state index contributed by atoms with van der Waals surface area (Å²) in [4.78, 5) is 16.2. The number of nitrogens with zero attached hydrogens (tertiary/aromatic N) is 1. The Kier molecular flexibility index (Phi) is 7.11. The first-order valence-electron chi connectivity index (χ1n) is 9.11. The molecule has 0 spiro atoms. The third kappa shape index (κ3) is 5.59.